The molecule has 0 saturated carbocycles. The number of hydrogen-bond acceptors (Lipinski definition) is 6. The van der Waals surface area contributed by atoms with Crippen molar-refractivity contribution in [1.29, 1.82) is 0 Å². The molecule has 1 amide bonds. The van der Waals surface area contributed by atoms with Crippen molar-refractivity contribution in [3.05, 3.63) is 54.9 Å². The van der Waals surface area contributed by atoms with Gasteiger partial charge in [-0.05, 0) is 36.4 Å². The zero-order chi connectivity index (χ0) is 19.3. The van der Waals surface area contributed by atoms with Crippen LogP contribution in [0.3, 0.4) is 0 Å². The van der Waals surface area contributed by atoms with E-state index < -0.39 is 12.3 Å². The molecular weight excluding hydrogens is 367 g/mol. The molecule has 1 N–H and O–H groups in total. The first-order chi connectivity index (χ1) is 12.9. The minimum atomic E-state index is -4.77. The van der Waals surface area contributed by atoms with Crippen molar-refractivity contribution in [2.75, 3.05) is 11.9 Å². The summed E-state index contributed by atoms with van der Waals surface area (Å²) in [5, 5.41) is 14.2. The lowest BCUT2D eigenvalue weighted by Crippen LogP contribution is -2.20. The Bertz CT molecular complexity index is 881. The molecule has 0 atom stereocenters. The second kappa shape index (κ2) is 7.72. The normalized spacial score (nSPS) is 11.1. The SMILES string of the molecule is O=C(COc1ccc(-n2cccn2)nn1)Nc1ccc(OC(F)(F)F)cc1. The number of carbonyl (C=O) groups excluding carboxylic acids is 1. The van der Waals surface area contributed by atoms with E-state index in [1.165, 1.54) is 22.9 Å². The van der Waals surface area contributed by atoms with E-state index in [1.807, 2.05) is 0 Å². The molecule has 11 heteroatoms. The molecule has 0 spiro atoms. The molecule has 140 valence electrons. The monoisotopic (exact) mass is 379 g/mol. The summed E-state index contributed by atoms with van der Waals surface area (Å²) < 4.78 is 46.7. The number of nitrogens with zero attached hydrogens (tertiary/aromatic N) is 4. The standard InChI is InChI=1S/C16H12F3N5O3/c17-16(18,19)27-12-4-2-11(3-5-12)21-14(25)10-26-15-7-6-13(22-23-15)24-9-1-8-20-24/h1-9H,10H2,(H,21,25). The smallest absolute Gasteiger partial charge is 0.466 e. The number of rotatable bonds is 6. The number of benzene rings is 1. The van der Waals surface area contributed by atoms with Crippen molar-refractivity contribution in [3.8, 4) is 17.4 Å². The number of carbonyl (C=O) groups is 1. The maximum Gasteiger partial charge on any atom is 0.573 e. The number of ether oxygens (including phenoxy) is 2. The molecule has 0 saturated heterocycles. The molecule has 0 aliphatic rings. The maximum absolute atomic E-state index is 12.1. The molecular formula is C16H12F3N5O3. The first kappa shape index (κ1) is 18.2. The average Bonchev–Trinajstić information content (AvgIpc) is 3.16. The van der Waals surface area contributed by atoms with Gasteiger partial charge in [0.1, 0.15) is 5.75 Å². The van der Waals surface area contributed by atoms with Crippen LogP contribution in [-0.4, -0.2) is 38.9 Å². The van der Waals surface area contributed by atoms with Crippen molar-refractivity contribution in [1.82, 2.24) is 20.0 Å². The van der Waals surface area contributed by atoms with Crippen molar-refractivity contribution in [2.45, 2.75) is 6.36 Å². The lowest BCUT2D eigenvalue weighted by molar-refractivity contribution is -0.274. The molecule has 0 aliphatic heterocycles. The third-order valence-electron chi connectivity index (χ3n) is 3.09. The van der Waals surface area contributed by atoms with Gasteiger partial charge in [0.05, 0.1) is 0 Å². The van der Waals surface area contributed by atoms with E-state index in [0.717, 1.165) is 12.1 Å². The van der Waals surface area contributed by atoms with Gasteiger partial charge in [-0.2, -0.15) is 5.10 Å². The van der Waals surface area contributed by atoms with Crippen LogP contribution in [0.25, 0.3) is 5.82 Å². The molecule has 2 aromatic heterocycles. The number of amides is 1. The highest BCUT2D eigenvalue weighted by Crippen LogP contribution is 2.23. The highest BCUT2D eigenvalue weighted by molar-refractivity contribution is 5.91. The number of halogens is 3. The van der Waals surface area contributed by atoms with Gasteiger partial charge in [0.2, 0.25) is 5.88 Å². The zero-order valence-corrected chi connectivity index (χ0v) is 13.6. The molecule has 27 heavy (non-hydrogen) atoms. The van der Waals surface area contributed by atoms with Gasteiger partial charge in [-0.1, -0.05) is 0 Å². The number of alkyl halides is 3. The summed E-state index contributed by atoms with van der Waals surface area (Å²) in [7, 11) is 0. The fraction of sp³-hybridized carbons (Fsp3) is 0.125. The molecule has 2 heterocycles. The molecule has 3 rings (SSSR count). The summed E-state index contributed by atoms with van der Waals surface area (Å²) in [6.45, 7) is -0.351. The van der Waals surface area contributed by atoms with E-state index in [0.29, 0.717) is 11.5 Å². The Hall–Kier alpha value is -3.63. The molecule has 3 aromatic rings. The third-order valence-corrected chi connectivity index (χ3v) is 3.09. The molecule has 1 aromatic carbocycles. The van der Waals surface area contributed by atoms with Crippen molar-refractivity contribution in [3.63, 3.8) is 0 Å². The Morgan fingerprint density at radius 2 is 1.89 bits per heavy atom. The summed E-state index contributed by atoms with van der Waals surface area (Å²) in [4.78, 5) is 11.8. The highest BCUT2D eigenvalue weighted by atomic mass is 19.4. The van der Waals surface area contributed by atoms with Crippen LogP contribution >= 0.6 is 0 Å². The Morgan fingerprint density at radius 1 is 1.11 bits per heavy atom. The van der Waals surface area contributed by atoms with Crippen molar-refractivity contribution in [2.24, 2.45) is 0 Å². The van der Waals surface area contributed by atoms with E-state index in [4.69, 9.17) is 4.74 Å². The summed E-state index contributed by atoms with van der Waals surface area (Å²) in [6, 6.07) is 9.60. The summed E-state index contributed by atoms with van der Waals surface area (Å²) in [6.07, 6.45) is -1.48. The number of hydrogen-bond donors (Lipinski definition) is 1. The molecule has 0 radical (unpaired) electrons. The fourth-order valence-corrected chi connectivity index (χ4v) is 1.99. The van der Waals surface area contributed by atoms with Crippen LogP contribution in [0.2, 0.25) is 0 Å². The topological polar surface area (TPSA) is 91.2 Å². The van der Waals surface area contributed by atoms with Gasteiger partial charge < -0.3 is 14.8 Å². The van der Waals surface area contributed by atoms with Gasteiger partial charge in [-0.3, -0.25) is 4.79 Å². The van der Waals surface area contributed by atoms with Crippen molar-refractivity contribution < 1.29 is 27.4 Å². The van der Waals surface area contributed by atoms with Crippen LogP contribution in [0.5, 0.6) is 11.6 Å². The number of aromatic nitrogens is 4. The van der Waals surface area contributed by atoms with E-state index in [-0.39, 0.29) is 18.2 Å². The van der Waals surface area contributed by atoms with Gasteiger partial charge in [-0.15, -0.1) is 23.4 Å². The Kier molecular flexibility index (Phi) is 5.20. The largest absolute Gasteiger partial charge is 0.573 e. The average molecular weight is 379 g/mol. The maximum atomic E-state index is 12.1. The van der Waals surface area contributed by atoms with Crippen LogP contribution in [-0.2, 0) is 4.79 Å². The van der Waals surface area contributed by atoms with E-state index >= 15 is 0 Å². The quantitative estimate of drug-likeness (QED) is 0.708. The van der Waals surface area contributed by atoms with Crippen LogP contribution in [0.15, 0.2) is 54.9 Å². The minimum Gasteiger partial charge on any atom is -0.466 e. The molecule has 0 aliphatic carbocycles. The first-order valence-electron chi connectivity index (χ1n) is 7.51. The Balaban J connectivity index is 1.49. The third kappa shape index (κ3) is 5.42. The van der Waals surface area contributed by atoms with E-state index in [2.05, 4.69) is 25.3 Å². The van der Waals surface area contributed by atoms with E-state index in [1.54, 1.807) is 24.5 Å². The van der Waals surface area contributed by atoms with Gasteiger partial charge in [0.15, 0.2) is 12.4 Å². The first-order valence-corrected chi connectivity index (χ1v) is 7.51. The lowest BCUT2D eigenvalue weighted by atomic mass is 10.3. The minimum absolute atomic E-state index is 0.134. The second-order valence-corrected chi connectivity index (χ2v) is 5.09. The zero-order valence-electron chi connectivity index (χ0n) is 13.6. The molecule has 0 bridgehead atoms. The van der Waals surface area contributed by atoms with Gasteiger partial charge in [0.25, 0.3) is 5.91 Å². The Morgan fingerprint density at radius 3 is 2.48 bits per heavy atom. The number of nitrogens with one attached hydrogen (secondary N) is 1. The van der Waals surface area contributed by atoms with Crippen LogP contribution in [0.4, 0.5) is 18.9 Å². The lowest BCUT2D eigenvalue weighted by Gasteiger charge is -2.10. The predicted molar refractivity (Wildman–Crippen MR) is 86.4 cm³/mol. The predicted octanol–water partition coefficient (Wildman–Crippen LogP) is 2.58. The Labute approximate surface area is 150 Å². The van der Waals surface area contributed by atoms with Crippen LogP contribution < -0.4 is 14.8 Å². The highest BCUT2D eigenvalue weighted by Gasteiger charge is 2.30. The number of anilines is 1. The fourth-order valence-electron chi connectivity index (χ4n) is 1.99. The van der Waals surface area contributed by atoms with Gasteiger partial charge >= 0.3 is 6.36 Å². The summed E-state index contributed by atoms with van der Waals surface area (Å²) in [5.41, 5.74) is 0.290. The molecule has 8 nitrogen and oxygen atoms in total. The summed E-state index contributed by atoms with van der Waals surface area (Å²) in [5.74, 6) is -0.283. The second-order valence-electron chi connectivity index (χ2n) is 5.09. The van der Waals surface area contributed by atoms with Crippen LogP contribution in [0, 0.1) is 0 Å². The molecule has 0 unspecified atom stereocenters. The van der Waals surface area contributed by atoms with Crippen LogP contribution in [0.1, 0.15) is 0 Å². The molecule has 0 fully saturated rings. The van der Waals surface area contributed by atoms with Gasteiger partial charge in [0, 0.05) is 24.1 Å². The van der Waals surface area contributed by atoms with Gasteiger partial charge in [-0.25, -0.2) is 4.68 Å². The van der Waals surface area contributed by atoms with Crippen molar-refractivity contribution >= 4 is 11.6 Å². The summed E-state index contributed by atoms with van der Waals surface area (Å²) >= 11 is 0. The van der Waals surface area contributed by atoms with E-state index in [9.17, 15) is 18.0 Å².